The van der Waals surface area contributed by atoms with Gasteiger partial charge >= 0.3 is 0 Å². The Kier molecular flexibility index (Phi) is 4.65. The highest BCUT2D eigenvalue weighted by atomic mass is 15.2. The van der Waals surface area contributed by atoms with E-state index in [2.05, 4.69) is 58.2 Å². The van der Waals surface area contributed by atoms with Gasteiger partial charge in [0.1, 0.15) is 0 Å². The SMILES string of the molecule is C=CC1=CN(C2(CC)CC2CCC)C(C(=C)C)=C(C=C)C1=C. The van der Waals surface area contributed by atoms with Gasteiger partial charge in [-0.2, -0.15) is 0 Å². The van der Waals surface area contributed by atoms with Crippen LogP contribution in [0, 0.1) is 5.92 Å². The molecule has 1 fully saturated rings. The maximum atomic E-state index is 4.23. The van der Waals surface area contributed by atoms with Crippen molar-refractivity contribution >= 4 is 0 Å². The van der Waals surface area contributed by atoms with Gasteiger partial charge < -0.3 is 4.90 Å². The summed E-state index contributed by atoms with van der Waals surface area (Å²) < 4.78 is 0. The van der Waals surface area contributed by atoms with Crippen LogP contribution in [0.4, 0.5) is 0 Å². The summed E-state index contributed by atoms with van der Waals surface area (Å²) in [6.45, 7) is 23.1. The molecule has 0 radical (unpaired) electrons. The largest absolute Gasteiger partial charge is 0.340 e. The van der Waals surface area contributed by atoms with Crippen LogP contribution in [0.3, 0.4) is 0 Å². The van der Waals surface area contributed by atoms with E-state index in [-0.39, 0.29) is 5.54 Å². The average Bonchev–Trinajstić information content (AvgIpc) is 3.21. The standard InChI is InChI=1S/C21H29N/c1-8-12-18-13-21(18,11-4)22-14-17(9-2)16(7)19(10-3)20(22)15(5)6/h9-10,14,18H,2-3,5,7-8,11-13H2,1,4,6H3. The summed E-state index contributed by atoms with van der Waals surface area (Å²) in [6.07, 6.45) is 11.0. The Labute approximate surface area is 136 Å². The van der Waals surface area contributed by atoms with Crippen LogP contribution < -0.4 is 0 Å². The molecule has 0 aromatic heterocycles. The van der Waals surface area contributed by atoms with Gasteiger partial charge in [-0.15, -0.1) is 0 Å². The molecule has 0 spiro atoms. The molecule has 0 amide bonds. The second kappa shape index (κ2) is 6.16. The predicted molar refractivity (Wildman–Crippen MR) is 97.3 cm³/mol. The molecule has 1 saturated carbocycles. The lowest BCUT2D eigenvalue weighted by atomic mass is 9.90. The number of hydrogen-bond donors (Lipinski definition) is 0. The predicted octanol–water partition coefficient (Wildman–Crippen LogP) is 5.91. The van der Waals surface area contributed by atoms with Crippen LogP contribution in [-0.2, 0) is 0 Å². The van der Waals surface area contributed by atoms with Crippen molar-refractivity contribution in [2.45, 2.75) is 52.0 Å². The Balaban J connectivity index is 2.55. The monoisotopic (exact) mass is 295 g/mol. The molecule has 118 valence electrons. The van der Waals surface area contributed by atoms with Crippen molar-refractivity contribution in [3.05, 3.63) is 72.7 Å². The maximum absolute atomic E-state index is 4.23. The minimum Gasteiger partial charge on any atom is -0.340 e. The Bertz CT molecular complexity index is 587. The lowest BCUT2D eigenvalue weighted by molar-refractivity contribution is 0.276. The van der Waals surface area contributed by atoms with E-state index < -0.39 is 0 Å². The summed E-state index contributed by atoms with van der Waals surface area (Å²) >= 11 is 0. The third-order valence-corrected chi connectivity index (χ3v) is 5.19. The van der Waals surface area contributed by atoms with E-state index in [0.29, 0.717) is 0 Å². The first-order valence-corrected chi connectivity index (χ1v) is 8.32. The van der Waals surface area contributed by atoms with Gasteiger partial charge in [-0.3, -0.25) is 0 Å². The van der Waals surface area contributed by atoms with Crippen LogP contribution in [-0.4, -0.2) is 10.4 Å². The van der Waals surface area contributed by atoms with Crippen molar-refractivity contribution in [3.8, 4) is 0 Å². The zero-order chi connectivity index (χ0) is 16.5. The topological polar surface area (TPSA) is 3.24 Å². The molecule has 0 saturated heterocycles. The van der Waals surface area contributed by atoms with Crippen LogP contribution in [0.5, 0.6) is 0 Å². The molecule has 1 aliphatic heterocycles. The molecule has 2 atom stereocenters. The number of nitrogens with zero attached hydrogens (tertiary/aromatic N) is 1. The fourth-order valence-corrected chi connectivity index (χ4v) is 3.88. The summed E-state index contributed by atoms with van der Waals surface area (Å²) in [5.41, 5.74) is 5.68. The molecule has 1 aliphatic carbocycles. The fraction of sp³-hybridized carbons (Fsp3) is 0.429. The molecular formula is C21H29N. The number of allylic oxidation sites excluding steroid dienone is 6. The Morgan fingerprint density at radius 2 is 2.05 bits per heavy atom. The van der Waals surface area contributed by atoms with E-state index in [9.17, 15) is 0 Å². The van der Waals surface area contributed by atoms with Gasteiger partial charge in [-0.05, 0) is 48.8 Å². The van der Waals surface area contributed by atoms with E-state index in [4.69, 9.17) is 0 Å². The third-order valence-electron chi connectivity index (χ3n) is 5.19. The second-order valence-corrected chi connectivity index (χ2v) is 6.53. The lowest BCUT2D eigenvalue weighted by Gasteiger charge is -2.39. The molecule has 1 nitrogen and oxygen atoms in total. The molecule has 0 bridgehead atoms. The molecule has 2 unspecified atom stereocenters. The number of hydrogen-bond acceptors (Lipinski definition) is 1. The van der Waals surface area contributed by atoms with E-state index in [1.807, 2.05) is 12.2 Å². The van der Waals surface area contributed by atoms with Crippen molar-refractivity contribution in [1.82, 2.24) is 4.90 Å². The van der Waals surface area contributed by atoms with Crippen molar-refractivity contribution in [3.63, 3.8) is 0 Å². The van der Waals surface area contributed by atoms with Gasteiger partial charge in [0.05, 0.1) is 5.70 Å². The van der Waals surface area contributed by atoms with E-state index >= 15 is 0 Å². The normalized spacial score (nSPS) is 27.6. The molecule has 22 heavy (non-hydrogen) atoms. The lowest BCUT2D eigenvalue weighted by Crippen LogP contribution is -2.37. The smallest absolute Gasteiger partial charge is 0.0514 e. The molecule has 1 heteroatoms. The van der Waals surface area contributed by atoms with Crippen LogP contribution in [0.2, 0.25) is 0 Å². The van der Waals surface area contributed by atoms with Crippen molar-refractivity contribution in [1.29, 1.82) is 0 Å². The zero-order valence-corrected chi connectivity index (χ0v) is 14.4. The van der Waals surface area contributed by atoms with E-state index in [1.54, 1.807) is 0 Å². The first-order chi connectivity index (χ1) is 10.5. The quantitative estimate of drug-likeness (QED) is 0.564. The van der Waals surface area contributed by atoms with Gasteiger partial charge in [0.15, 0.2) is 0 Å². The van der Waals surface area contributed by atoms with Crippen molar-refractivity contribution < 1.29 is 0 Å². The van der Waals surface area contributed by atoms with E-state index in [1.165, 1.54) is 25.0 Å². The van der Waals surface area contributed by atoms with Crippen molar-refractivity contribution in [2.24, 2.45) is 5.92 Å². The van der Waals surface area contributed by atoms with Crippen LogP contribution in [0.1, 0.15) is 46.5 Å². The number of rotatable bonds is 7. The summed E-state index contributed by atoms with van der Waals surface area (Å²) in [5.74, 6) is 0.761. The molecule has 2 aliphatic rings. The molecule has 0 aromatic rings. The highest BCUT2D eigenvalue weighted by Crippen LogP contribution is 2.57. The fourth-order valence-electron chi connectivity index (χ4n) is 3.88. The van der Waals surface area contributed by atoms with Crippen LogP contribution >= 0.6 is 0 Å². The molecule has 2 rings (SSSR count). The minimum absolute atomic E-state index is 0.230. The molecule has 0 aromatic carbocycles. The zero-order valence-electron chi connectivity index (χ0n) is 14.4. The second-order valence-electron chi connectivity index (χ2n) is 6.53. The Morgan fingerprint density at radius 1 is 1.36 bits per heavy atom. The third kappa shape index (κ3) is 2.43. The van der Waals surface area contributed by atoms with Gasteiger partial charge in [0, 0.05) is 17.3 Å². The first kappa shape index (κ1) is 16.6. The van der Waals surface area contributed by atoms with E-state index in [0.717, 1.165) is 34.6 Å². The molecule has 1 heterocycles. The highest BCUT2D eigenvalue weighted by molar-refractivity contribution is 5.62. The first-order valence-electron chi connectivity index (χ1n) is 8.32. The maximum Gasteiger partial charge on any atom is 0.0514 e. The summed E-state index contributed by atoms with van der Waals surface area (Å²) in [4.78, 5) is 2.46. The summed E-state index contributed by atoms with van der Waals surface area (Å²) in [6, 6.07) is 0. The van der Waals surface area contributed by atoms with Gasteiger partial charge in [-0.25, -0.2) is 0 Å². The Morgan fingerprint density at radius 3 is 2.50 bits per heavy atom. The molecule has 0 N–H and O–H groups in total. The van der Waals surface area contributed by atoms with Crippen LogP contribution in [0.15, 0.2) is 72.7 Å². The van der Waals surface area contributed by atoms with Crippen LogP contribution in [0.25, 0.3) is 0 Å². The van der Waals surface area contributed by atoms with Gasteiger partial charge in [0.25, 0.3) is 0 Å². The van der Waals surface area contributed by atoms with Gasteiger partial charge in [0.2, 0.25) is 0 Å². The average molecular weight is 295 g/mol. The summed E-state index contributed by atoms with van der Waals surface area (Å²) in [5, 5.41) is 0. The van der Waals surface area contributed by atoms with Gasteiger partial charge in [-0.1, -0.05) is 58.7 Å². The highest BCUT2D eigenvalue weighted by Gasteiger charge is 2.56. The van der Waals surface area contributed by atoms with Crippen molar-refractivity contribution in [2.75, 3.05) is 0 Å². The summed E-state index contributed by atoms with van der Waals surface area (Å²) in [7, 11) is 0. The Hall–Kier alpha value is -1.76. The molecular weight excluding hydrogens is 266 g/mol. The minimum atomic E-state index is 0.230.